The van der Waals surface area contributed by atoms with Crippen LogP contribution in [0, 0.1) is 16.7 Å². The van der Waals surface area contributed by atoms with Crippen molar-refractivity contribution in [2.24, 2.45) is 0 Å². The highest BCUT2D eigenvalue weighted by Gasteiger charge is 2.35. The summed E-state index contributed by atoms with van der Waals surface area (Å²) in [6.07, 6.45) is -3.90. The van der Waals surface area contributed by atoms with E-state index in [0.29, 0.717) is 11.9 Å². The van der Waals surface area contributed by atoms with Crippen LogP contribution in [0.3, 0.4) is 0 Å². The van der Waals surface area contributed by atoms with Crippen LogP contribution in [-0.2, 0) is 6.18 Å². The molecule has 1 aromatic carbocycles. The van der Waals surface area contributed by atoms with Crippen molar-refractivity contribution in [3.63, 3.8) is 0 Å². The molecule has 24 heavy (non-hydrogen) atoms. The second-order valence-electron chi connectivity index (χ2n) is 4.62. The normalized spacial score (nSPS) is 10.8. The Morgan fingerprint density at radius 2 is 2.08 bits per heavy atom. The highest BCUT2D eigenvalue weighted by Crippen LogP contribution is 2.33. The second kappa shape index (κ2) is 6.41. The van der Waals surface area contributed by atoms with Gasteiger partial charge in [0, 0.05) is 30.2 Å². The highest BCUT2D eigenvalue weighted by molar-refractivity contribution is 6.12. The number of hydrogen-bond acceptors (Lipinski definition) is 7. The van der Waals surface area contributed by atoms with E-state index in [1.165, 1.54) is 25.2 Å². The fraction of sp³-hybridized carbons (Fsp3) is 0.143. The Labute approximate surface area is 134 Å². The lowest BCUT2D eigenvalue weighted by Crippen LogP contribution is -2.12. The number of nitrogens with one attached hydrogen (secondary N) is 3. The molecule has 0 aliphatic rings. The van der Waals surface area contributed by atoms with E-state index in [1.807, 2.05) is 0 Å². The number of rotatable bonds is 4. The summed E-state index contributed by atoms with van der Waals surface area (Å²) in [4.78, 5) is 7.40. The molecule has 0 unspecified atom stereocenters. The van der Waals surface area contributed by atoms with Crippen LogP contribution in [0.4, 0.5) is 36.3 Å². The Morgan fingerprint density at radius 1 is 1.38 bits per heavy atom. The van der Waals surface area contributed by atoms with E-state index in [-0.39, 0.29) is 28.7 Å². The zero-order valence-corrected chi connectivity index (χ0v) is 12.4. The van der Waals surface area contributed by atoms with Crippen molar-refractivity contribution in [2.45, 2.75) is 6.18 Å². The van der Waals surface area contributed by atoms with Crippen molar-refractivity contribution in [1.82, 2.24) is 9.97 Å². The molecule has 5 N–H and O–H groups in total. The van der Waals surface area contributed by atoms with Gasteiger partial charge in [0.1, 0.15) is 23.2 Å². The van der Waals surface area contributed by atoms with Gasteiger partial charge in [-0.25, -0.2) is 4.98 Å². The third-order valence-electron chi connectivity index (χ3n) is 3.02. The van der Waals surface area contributed by atoms with Gasteiger partial charge >= 0.3 is 6.18 Å². The number of benzene rings is 1. The van der Waals surface area contributed by atoms with Crippen LogP contribution < -0.4 is 16.4 Å². The predicted octanol–water partition coefficient (Wildman–Crippen LogP) is 2.75. The average Bonchev–Trinajstić information content (AvgIpc) is 2.53. The van der Waals surface area contributed by atoms with E-state index in [1.54, 1.807) is 6.07 Å². The molecule has 0 radical (unpaired) electrons. The summed E-state index contributed by atoms with van der Waals surface area (Å²) < 4.78 is 38.4. The molecule has 0 saturated heterocycles. The number of nitrogen functional groups attached to an aromatic ring is 1. The molecule has 0 amide bonds. The Morgan fingerprint density at radius 3 is 2.62 bits per heavy atom. The monoisotopic (exact) mass is 335 g/mol. The van der Waals surface area contributed by atoms with Crippen LogP contribution in [0.25, 0.3) is 0 Å². The molecule has 2 aromatic rings. The smallest absolute Gasteiger partial charge is 0.398 e. The fourth-order valence-electron chi connectivity index (χ4n) is 1.90. The van der Waals surface area contributed by atoms with Gasteiger partial charge in [0.25, 0.3) is 0 Å². The number of aromatic nitrogens is 2. The van der Waals surface area contributed by atoms with Gasteiger partial charge in [-0.2, -0.15) is 23.4 Å². The molecule has 2 rings (SSSR count). The third kappa shape index (κ3) is 3.52. The molecule has 0 fully saturated rings. The molecule has 10 heteroatoms. The summed E-state index contributed by atoms with van der Waals surface area (Å²) in [7, 11) is 1.32. The molecule has 0 bridgehead atoms. The Bertz CT molecular complexity index is 824. The van der Waals surface area contributed by atoms with E-state index < -0.39 is 11.7 Å². The summed E-state index contributed by atoms with van der Waals surface area (Å²) in [5, 5.41) is 21.2. The van der Waals surface area contributed by atoms with Gasteiger partial charge < -0.3 is 16.4 Å². The molecular weight excluding hydrogens is 323 g/mol. The third-order valence-corrected chi connectivity index (χ3v) is 3.02. The van der Waals surface area contributed by atoms with Gasteiger partial charge in [-0.15, -0.1) is 0 Å². The van der Waals surface area contributed by atoms with Gasteiger partial charge in [0.05, 0.1) is 0 Å². The van der Waals surface area contributed by atoms with Crippen molar-refractivity contribution >= 4 is 28.9 Å². The molecule has 0 aliphatic heterocycles. The summed E-state index contributed by atoms with van der Waals surface area (Å²) in [6, 6.07) is 6.06. The van der Waals surface area contributed by atoms with E-state index in [2.05, 4.69) is 20.6 Å². The first-order valence-corrected chi connectivity index (χ1v) is 6.53. The van der Waals surface area contributed by atoms with Gasteiger partial charge in [-0.1, -0.05) is 0 Å². The minimum absolute atomic E-state index is 0.0603. The molecule has 124 valence electrons. The average molecular weight is 335 g/mol. The second-order valence-corrected chi connectivity index (χ2v) is 4.62. The molecule has 7 nitrogen and oxygen atoms in total. The predicted molar refractivity (Wildman–Crippen MR) is 83.2 cm³/mol. The van der Waals surface area contributed by atoms with Gasteiger partial charge in [-0.05, 0) is 18.2 Å². The SMILES string of the molecule is CNc1nc(Nc2ccc(C(=N)C#N)c(N)c2)ncc1C(F)(F)F. The van der Waals surface area contributed by atoms with E-state index in [9.17, 15) is 13.2 Å². The van der Waals surface area contributed by atoms with Crippen molar-refractivity contribution in [1.29, 1.82) is 10.7 Å². The van der Waals surface area contributed by atoms with Gasteiger partial charge in [0.15, 0.2) is 0 Å². The summed E-state index contributed by atoms with van der Waals surface area (Å²) in [5.74, 6) is -0.425. The Balaban J connectivity index is 2.31. The number of alkyl halides is 3. The Kier molecular flexibility index (Phi) is 4.54. The fourth-order valence-corrected chi connectivity index (χ4v) is 1.90. The lowest BCUT2D eigenvalue weighted by atomic mass is 10.1. The quantitative estimate of drug-likeness (QED) is 0.503. The first-order chi connectivity index (χ1) is 11.3. The summed E-state index contributed by atoms with van der Waals surface area (Å²) in [6.45, 7) is 0. The Hall–Kier alpha value is -3.35. The molecular formula is C14H12F3N7. The van der Waals surface area contributed by atoms with Crippen molar-refractivity contribution in [2.75, 3.05) is 23.4 Å². The maximum Gasteiger partial charge on any atom is 0.421 e. The molecule has 0 saturated carbocycles. The van der Waals surface area contributed by atoms with Crippen LogP contribution in [-0.4, -0.2) is 22.7 Å². The number of hydrogen-bond donors (Lipinski definition) is 4. The highest BCUT2D eigenvalue weighted by atomic mass is 19.4. The van der Waals surface area contributed by atoms with Crippen LogP contribution in [0.1, 0.15) is 11.1 Å². The van der Waals surface area contributed by atoms with Crippen molar-refractivity contribution < 1.29 is 13.2 Å². The standard InChI is InChI=1S/C14H12F3N7/c1-21-12-9(14(15,16)17)6-22-13(24-12)23-7-2-3-8(10(19)4-7)11(20)5-18/h2-4,6,20H,19H2,1H3,(H2,21,22,23,24). The number of nitrogens with two attached hydrogens (primary N) is 1. The topological polar surface area (TPSA) is 124 Å². The lowest BCUT2D eigenvalue weighted by Gasteiger charge is -2.13. The largest absolute Gasteiger partial charge is 0.421 e. The molecule has 1 aromatic heterocycles. The lowest BCUT2D eigenvalue weighted by molar-refractivity contribution is -0.137. The van der Waals surface area contributed by atoms with Crippen LogP contribution in [0.5, 0.6) is 0 Å². The zero-order valence-electron chi connectivity index (χ0n) is 12.4. The number of anilines is 4. The first-order valence-electron chi connectivity index (χ1n) is 6.53. The minimum Gasteiger partial charge on any atom is -0.398 e. The van der Waals surface area contributed by atoms with Crippen molar-refractivity contribution in [3.05, 3.63) is 35.5 Å². The van der Waals surface area contributed by atoms with Gasteiger partial charge in [-0.3, -0.25) is 5.41 Å². The number of nitriles is 1. The van der Waals surface area contributed by atoms with Gasteiger partial charge in [0.2, 0.25) is 5.95 Å². The number of halogens is 3. The van der Waals surface area contributed by atoms with Crippen LogP contribution >= 0.6 is 0 Å². The van der Waals surface area contributed by atoms with E-state index in [4.69, 9.17) is 16.4 Å². The minimum atomic E-state index is -4.57. The van der Waals surface area contributed by atoms with Crippen LogP contribution in [0.2, 0.25) is 0 Å². The molecule has 1 heterocycles. The van der Waals surface area contributed by atoms with E-state index in [0.717, 1.165) is 0 Å². The summed E-state index contributed by atoms with van der Waals surface area (Å²) >= 11 is 0. The first kappa shape index (κ1) is 17.0. The van der Waals surface area contributed by atoms with E-state index >= 15 is 0 Å². The summed E-state index contributed by atoms with van der Waals surface area (Å²) in [5.41, 5.74) is 5.32. The molecule has 0 spiro atoms. The number of nitrogens with zero attached hydrogens (tertiary/aromatic N) is 3. The zero-order chi connectivity index (χ0) is 17.9. The van der Waals surface area contributed by atoms with Crippen molar-refractivity contribution in [3.8, 4) is 6.07 Å². The molecule has 0 atom stereocenters. The van der Waals surface area contributed by atoms with Crippen LogP contribution in [0.15, 0.2) is 24.4 Å². The maximum atomic E-state index is 12.8. The molecule has 0 aliphatic carbocycles. The maximum absolute atomic E-state index is 12.8.